The van der Waals surface area contributed by atoms with Crippen LogP contribution in [0.5, 0.6) is 0 Å². The van der Waals surface area contributed by atoms with Gasteiger partial charge in [-0.2, -0.15) is 0 Å². The summed E-state index contributed by atoms with van der Waals surface area (Å²) in [6, 6.07) is 8.64. The first-order valence-corrected chi connectivity index (χ1v) is 11.7. The number of amides is 1. The first-order valence-electron chi connectivity index (χ1n) is 11.7. The highest BCUT2D eigenvalue weighted by Crippen LogP contribution is 2.14. The van der Waals surface area contributed by atoms with Crippen LogP contribution in [0.2, 0.25) is 0 Å². The van der Waals surface area contributed by atoms with Crippen molar-refractivity contribution in [3.8, 4) is 0 Å². The number of carbonyl (C=O) groups is 1. The molecule has 0 bridgehead atoms. The van der Waals surface area contributed by atoms with Gasteiger partial charge >= 0.3 is 6.09 Å². The Kier molecular flexibility index (Phi) is 10.9. The fourth-order valence-corrected chi connectivity index (χ4v) is 4.07. The minimum Gasteiger partial charge on any atom is -0.444 e. The maximum atomic E-state index is 11.7. The smallest absolute Gasteiger partial charge is 0.407 e. The zero-order chi connectivity index (χ0) is 23.7. The van der Waals surface area contributed by atoms with Gasteiger partial charge < -0.3 is 15.8 Å². The molecule has 188 valence electrons. The molecule has 0 spiro atoms. The van der Waals surface area contributed by atoms with Gasteiger partial charge in [0, 0.05) is 76.1 Å². The highest BCUT2D eigenvalue weighted by molar-refractivity contribution is 5.68. The third-order valence-corrected chi connectivity index (χ3v) is 5.56. The van der Waals surface area contributed by atoms with E-state index in [1.54, 1.807) is 12.4 Å². The van der Waals surface area contributed by atoms with Gasteiger partial charge in [-0.15, -0.1) is 0 Å². The fourth-order valence-electron chi connectivity index (χ4n) is 4.07. The van der Waals surface area contributed by atoms with E-state index < -0.39 is 5.60 Å². The van der Waals surface area contributed by atoms with E-state index in [0.29, 0.717) is 6.04 Å². The van der Waals surface area contributed by atoms with Gasteiger partial charge in [0.25, 0.3) is 0 Å². The number of ether oxygens (including phenoxy) is 1. The summed E-state index contributed by atoms with van der Waals surface area (Å²) < 4.78 is 5.27. The van der Waals surface area contributed by atoms with E-state index in [1.165, 1.54) is 11.1 Å². The number of rotatable bonds is 5. The number of pyridine rings is 2. The normalized spacial score (nSPS) is 20.7. The molecule has 0 radical (unpaired) electrons. The summed E-state index contributed by atoms with van der Waals surface area (Å²) in [5.74, 6) is 0. The molecule has 2 fully saturated rings. The molecule has 0 aromatic carbocycles. The molecule has 1 amide bonds. The van der Waals surface area contributed by atoms with Crippen molar-refractivity contribution in [2.75, 3.05) is 26.2 Å². The molecule has 2 atom stereocenters. The molecule has 2 aromatic rings. The van der Waals surface area contributed by atoms with Crippen molar-refractivity contribution in [3.63, 3.8) is 0 Å². The number of hydrogen-bond acceptors (Lipinski definition) is 7. The maximum Gasteiger partial charge on any atom is 0.407 e. The van der Waals surface area contributed by atoms with Crippen LogP contribution in [0, 0.1) is 0 Å². The second kappa shape index (κ2) is 13.4. The van der Waals surface area contributed by atoms with Gasteiger partial charge in [0.05, 0.1) is 0 Å². The predicted octanol–water partition coefficient (Wildman–Crippen LogP) is 3.43. The molecule has 2 aliphatic rings. The predicted molar refractivity (Wildman–Crippen MR) is 136 cm³/mol. The van der Waals surface area contributed by atoms with E-state index in [9.17, 15) is 4.79 Å². The quantitative estimate of drug-likeness (QED) is 0.691. The molecule has 3 N–H and O–H groups in total. The number of nitrogens with one attached hydrogen (secondary N) is 1. The molecule has 0 saturated carbocycles. The highest BCUT2D eigenvalue weighted by Gasteiger charge is 2.26. The van der Waals surface area contributed by atoms with Crippen LogP contribution in [-0.4, -0.2) is 69.7 Å². The van der Waals surface area contributed by atoms with Gasteiger partial charge in [-0.3, -0.25) is 19.8 Å². The zero-order valence-corrected chi connectivity index (χ0v) is 20.1. The van der Waals surface area contributed by atoms with Crippen molar-refractivity contribution < 1.29 is 9.53 Å². The third-order valence-electron chi connectivity index (χ3n) is 5.56. The number of alkyl carbamates (subject to hydrolysis) is 1. The lowest BCUT2D eigenvalue weighted by Crippen LogP contribution is -2.40. The SMILES string of the molecule is C.CC(C)(C)OC(=O)N[C@H]1CCN(Cc2cccnc2)C1.N[C@H]1CCN(Cc2cccnc2)C1. The van der Waals surface area contributed by atoms with Crippen LogP contribution < -0.4 is 11.1 Å². The van der Waals surface area contributed by atoms with Crippen LogP contribution >= 0.6 is 0 Å². The van der Waals surface area contributed by atoms with Gasteiger partial charge in [0.2, 0.25) is 0 Å². The molecule has 4 heterocycles. The van der Waals surface area contributed by atoms with Crippen molar-refractivity contribution in [2.45, 2.75) is 71.8 Å². The van der Waals surface area contributed by atoms with Crippen LogP contribution in [0.3, 0.4) is 0 Å². The molecule has 4 rings (SSSR count). The van der Waals surface area contributed by atoms with Crippen molar-refractivity contribution >= 4 is 6.09 Å². The molecule has 2 aromatic heterocycles. The molecule has 2 aliphatic heterocycles. The Morgan fingerprint density at radius 3 is 2.06 bits per heavy atom. The van der Waals surface area contributed by atoms with E-state index in [0.717, 1.165) is 52.1 Å². The lowest BCUT2D eigenvalue weighted by atomic mass is 10.2. The van der Waals surface area contributed by atoms with Crippen LogP contribution in [0.25, 0.3) is 0 Å². The first kappa shape index (κ1) is 27.7. The molecule has 2 saturated heterocycles. The summed E-state index contributed by atoms with van der Waals surface area (Å²) in [6.45, 7) is 11.5. The van der Waals surface area contributed by atoms with Gasteiger partial charge in [-0.25, -0.2) is 4.79 Å². The average Bonchev–Trinajstić information content (AvgIpc) is 3.37. The molecular weight excluding hydrogens is 428 g/mol. The summed E-state index contributed by atoms with van der Waals surface area (Å²) in [7, 11) is 0. The van der Waals surface area contributed by atoms with Crippen LogP contribution in [0.1, 0.15) is 52.2 Å². The summed E-state index contributed by atoms with van der Waals surface area (Å²) in [5.41, 5.74) is 7.85. The van der Waals surface area contributed by atoms with Crippen LogP contribution in [0.15, 0.2) is 49.1 Å². The van der Waals surface area contributed by atoms with Crippen LogP contribution in [-0.2, 0) is 17.8 Å². The number of likely N-dealkylation sites (tertiary alicyclic amines) is 2. The van der Waals surface area contributed by atoms with E-state index in [1.807, 2.05) is 45.3 Å². The van der Waals surface area contributed by atoms with Crippen molar-refractivity contribution in [1.29, 1.82) is 0 Å². The number of hydrogen-bond donors (Lipinski definition) is 2. The molecule has 8 heteroatoms. The van der Waals surface area contributed by atoms with Gasteiger partial charge in [-0.1, -0.05) is 19.6 Å². The van der Waals surface area contributed by atoms with E-state index in [-0.39, 0.29) is 19.6 Å². The Bertz CT molecular complexity index is 843. The second-order valence-corrected chi connectivity index (χ2v) is 9.87. The third kappa shape index (κ3) is 10.2. The Morgan fingerprint density at radius 2 is 1.59 bits per heavy atom. The highest BCUT2D eigenvalue weighted by atomic mass is 16.6. The van der Waals surface area contributed by atoms with Crippen molar-refractivity contribution in [2.24, 2.45) is 5.73 Å². The summed E-state index contributed by atoms with van der Waals surface area (Å²) >= 11 is 0. The van der Waals surface area contributed by atoms with Gasteiger partial charge in [0.1, 0.15) is 5.60 Å². The molecule has 0 unspecified atom stereocenters. The Balaban J connectivity index is 0.000000253. The average molecular weight is 471 g/mol. The minimum atomic E-state index is -0.446. The molecule has 8 nitrogen and oxygen atoms in total. The zero-order valence-electron chi connectivity index (χ0n) is 20.1. The number of nitrogens with zero attached hydrogens (tertiary/aromatic N) is 4. The minimum absolute atomic E-state index is 0. The largest absolute Gasteiger partial charge is 0.444 e. The Hall–Kier alpha value is -2.55. The Morgan fingerprint density at radius 1 is 1.03 bits per heavy atom. The van der Waals surface area contributed by atoms with Crippen molar-refractivity contribution in [3.05, 3.63) is 60.2 Å². The van der Waals surface area contributed by atoms with Gasteiger partial charge in [0.15, 0.2) is 0 Å². The molecular formula is C26H42N6O2. The van der Waals surface area contributed by atoms with E-state index in [2.05, 4.69) is 37.2 Å². The number of aromatic nitrogens is 2. The molecule has 0 aliphatic carbocycles. The number of carbonyl (C=O) groups excluding carboxylic acids is 1. The summed E-state index contributed by atoms with van der Waals surface area (Å²) in [6.07, 6.45) is 9.14. The lowest BCUT2D eigenvalue weighted by molar-refractivity contribution is 0.0505. The maximum absolute atomic E-state index is 11.7. The lowest BCUT2D eigenvalue weighted by Gasteiger charge is -2.22. The van der Waals surface area contributed by atoms with E-state index in [4.69, 9.17) is 10.5 Å². The second-order valence-electron chi connectivity index (χ2n) is 9.87. The Labute approximate surface area is 204 Å². The monoisotopic (exact) mass is 470 g/mol. The van der Waals surface area contributed by atoms with Crippen LogP contribution in [0.4, 0.5) is 4.79 Å². The van der Waals surface area contributed by atoms with Gasteiger partial charge in [-0.05, 0) is 56.9 Å². The first-order chi connectivity index (χ1) is 15.8. The van der Waals surface area contributed by atoms with Crippen molar-refractivity contribution in [1.82, 2.24) is 25.1 Å². The van der Waals surface area contributed by atoms with E-state index >= 15 is 0 Å². The summed E-state index contributed by atoms with van der Waals surface area (Å²) in [4.78, 5) is 24.6. The summed E-state index contributed by atoms with van der Waals surface area (Å²) in [5, 5.41) is 2.93. The fraction of sp³-hybridized carbons (Fsp3) is 0.577. The number of nitrogens with two attached hydrogens (primary N) is 1. The standard InChI is InChI=1S/C15H23N3O2.C10H15N3.CH4/c1-15(2,3)20-14(19)17-13-6-8-18(11-13)10-12-5-4-7-16-9-12;11-10-3-5-13(8-10)7-9-2-1-4-12-6-9;/h4-5,7,9,13H,6,8,10-11H2,1-3H3,(H,17,19);1-2,4,6,10H,3,5,7-8,11H2;1H4/t13-;10-;/m00./s1. The topological polar surface area (TPSA) is 96.6 Å². The molecule has 34 heavy (non-hydrogen) atoms.